The van der Waals surface area contributed by atoms with E-state index in [-0.39, 0.29) is 11.3 Å². The molecule has 164 valence electrons. The van der Waals surface area contributed by atoms with Gasteiger partial charge in [0.05, 0.1) is 4.91 Å². The quantitative estimate of drug-likeness (QED) is 0.275. The fourth-order valence-electron chi connectivity index (χ4n) is 3.15. The first-order chi connectivity index (χ1) is 14.8. The smallest absolute Gasteiger partial charge is 0.266 e. The van der Waals surface area contributed by atoms with Crippen molar-refractivity contribution < 1.29 is 14.3 Å². The normalized spacial score (nSPS) is 15.6. The van der Waals surface area contributed by atoms with E-state index >= 15 is 0 Å². The van der Waals surface area contributed by atoms with Gasteiger partial charge in [0.1, 0.15) is 29.0 Å². The highest BCUT2D eigenvalue weighted by atomic mass is 32.2. The van der Waals surface area contributed by atoms with Crippen LogP contribution in [0.2, 0.25) is 0 Å². The predicted octanol–water partition coefficient (Wildman–Crippen LogP) is 6.05. The van der Waals surface area contributed by atoms with E-state index in [4.69, 9.17) is 21.7 Å². The van der Waals surface area contributed by atoms with E-state index in [1.54, 1.807) is 4.90 Å². The highest BCUT2D eigenvalue weighted by Crippen LogP contribution is 2.34. The van der Waals surface area contributed by atoms with Crippen LogP contribution < -0.4 is 9.47 Å². The van der Waals surface area contributed by atoms with Gasteiger partial charge in [-0.25, -0.2) is 0 Å². The highest BCUT2D eigenvalue weighted by molar-refractivity contribution is 8.26. The average molecular weight is 456 g/mol. The van der Waals surface area contributed by atoms with Crippen LogP contribution in [0.15, 0.2) is 53.4 Å². The molecular weight excluding hydrogens is 426 g/mol. The zero-order valence-electron chi connectivity index (χ0n) is 18.5. The standard InChI is InChI=1S/C25H29NO3S2/c1-5-14-26-23(27)22(31-24(26)30)17-18-8-6-7-9-21(18)29-16-15-28-20-12-10-19(11-13-20)25(2,3)4/h6-13,17H,5,14-16H2,1-4H3/b22-17+. The summed E-state index contributed by atoms with van der Waals surface area (Å²) in [5.41, 5.74) is 2.25. The Balaban J connectivity index is 1.59. The summed E-state index contributed by atoms with van der Waals surface area (Å²) in [5.74, 6) is 1.51. The number of rotatable bonds is 8. The SMILES string of the molecule is CCCN1C(=O)/C(=C\c2ccccc2OCCOc2ccc(C(C)(C)C)cc2)SC1=S. The molecule has 0 aliphatic carbocycles. The number of benzene rings is 2. The Bertz CT molecular complexity index is 961. The lowest BCUT2D eigenvalue weighted by Gasteiger charge is -2.19. The van der Waals surface area contributed by atoms with Gasteiger partial charge in [0, 0.05) is 12.1 Å². The first kappa shape index (κ1) is 23.4. The molecule has 0 aromatic heterocycles. The number of thiocarbonyl (C=S) groups is 1. The Morgan fingerprint density at radius 1 is 1.03 bits per heavy atom. The van der Waals surface area contributed by atoms with Crippen molar-refractivity contribution in [3.05, 3.63) is 64.6 Å². The van der Waals surface area contributed by atoms with Gasteiger partial charge in [-0.3, -0.25) is 9.69 Å². The molecule has 1 amide bonds. The first-order valence-electron chi connectivity index (χ1n) is 10.5. The maximum Gasteiger partial charge on any atom is 0.266 e. The molecule has 1 saturated heterocycles. The van der Waals surface area contributed by atoms with Crippen LogP contribution >= 0.6 is 24.0 Å². The minimum atomic E-state index is -0.0336. The van der Waals surface area contributed by atoms with Gasteiger partial charge in [-0.05, 0) is 41.7 Å². The third-order valence-electron chi connectivity index (χ3n) is 4.86. The maximum absolute atomic E-state index is 12.6. The minimum Gasteiger partial charge on any atom is -0.490 e. The Labute approximate surface area is 194 Å². The van der Waals surface area contributed by atoms with E-state index in [1.165, 1.54) is 17.3 Å². The summed E-state index contributed by atoms with van der Waals surface area (Å²) in [6.07, 6.45) is 2.73. The summed E-state index contributed by atoms with van der Waals surface area (Å²) in [4.78, 5) is 14.9. The van der Waals surface area contributed by atoms with Crippen molar-refractivity contribution in [1.82, 2.24) is 4.90 Å². The maximum atomic E-state index is 12.6. The topological polar surface area (TPSA) is 38.8 Å². The van der Waals surface area contributed by atoms with Gasteiger partial charge in [-0.15, -0.1) is 0 Å². The Hall–Kier alpha value is -2.31. The first-order valence-corrected chi connectivity index (χ1v) is 11.7. The molecule has 0 unspecified atom stereocenters. The molecule has 4 nitrogen and oxygen atoms in total. The fraction of sp³-hybridized carbons (Fsp3) is 0.360. The Morgan fingerprint density at radius 2 is 1.71 bits per heavy atom. The van der Waals surface area contributed by atoms with E-state index in [0.29, 0.717) is 29.0 Å². The average Bonchev–Trinajstić information content (AvgIpc) is 3.00. The van der Waals surface area contributed by atoms with E-state index in [9.17, 15) is 4.79 Å². The second-order valence-corrected chi connectivity index (χ2v) is 10.0. The molecule has 1 fully saturated rings. The fourth-order valence-corrected chi connectivity index (χ4v) is 4.45. The van der Waals surface area contributed by atoms with Gasteiger partial charge in [0.2, 0.25) is 0 Å². The van der Waals surface area contributed by atoms with Gasteiger partial charge in [0.25, 0.3) is 5.91 Å². The van der Waals surface area contributed by atoms with Gasteiger partial charge >= 0.3 is 0 Å². The molecule has 0 N–H and O–H groups in total. The van der Waals surface area contributed by atoms with Crippen molar-refractivity contribution in [2.45, 2.75) is 39.5 Å². The lowest BCUT2D eigenvalue weighted by Crippen LogP contribution is -2.28. The summed E-state index contributed by atoms with van der Waals surface area (Å²) in [6.45, 7) is 10.1. The Kier molecular flexibility index (Phi) is 7.79. The van der Waals surface area contributed by atoms with Crippen LogP contribution in [0.25, 0.3) is 6.08 Å². The highest BCUT2D eigenvalue weighted by Gasteiger charge is 2.31. The number of amides is 1. The molecule has 1 aliphatic rings. The molecule has 0 atom stereocenters. The zero-order valence-corrected chi connectivity index (χ0v) is 20.1. The van der Waals surface area contributed by atoms with Crippen molar-refractivity contribution in [2.75, 3.05) is 19.8 Å². The van der Waals surface area contributed by atoms with Gasteiger partial charge in [-0.2, -0.15) is 0 Å². The number of para-hydroxylation sites is 1. The van der Waals surface area contributed by atoms with E-state index in [2.05, 4.69) is 32.9 Å². The third kappa shape index (κ3) is 6.11. The van der Waals surface area contributed by atoms with Crippen molar-refractivity contribution >= 4 is 40.3 Å². The monoisotopic (exact) mass is 455 g/mol. The molecule has 31 heavy (non-hydrogen) atoms. The second kappa shape index (κ2) is 10.3. The van der Waals surface area contributed by atoms with Crippen LogP contribution in [-0.2, 0) is 10.2 Å². The van der Waals surface area contributed by atoms with Crippen LogP contribution in [0.1, 0.15) is 45.2 Å². The molecular formula is C25H29NO3S2. The molecule has 1 aliphatic heterocycles. The van der Waals surface area contributed by atoms with Crippen molar-refractivity contribution in [2.24, 2.45) is 0 Å². The van der Waals surface area contributed by atoms with Gasteiger partial charge in [-0.1, -0.05) is 82.0 Å². The number of carbonyl (C=O) groups excluding carboxylic acids is 1. The van der Waals surface area contributed by atoms with Crippen LogP contribution in [0.3, 0.4) is 0 Å². The van der Waals surface area contributed by atoms with Crippen LogP contribution in [0.4, 0.5) is 0 Å². The molecule has 0 bridgehead atoms. The zero-order chi connectivity index (χ0) is 22.4. The van der Waals surface area contributed by atoms with Crippen LogP contribution in [-0.4, -0.2) is 34.9 Å². The molecule has 0 spiro atoms. The molecule has 0 saturated carbocycles. The summed E-state index contributed by atoms with van der Waals surface area (Å²) >= 11 is 6.69. The predicted molar refractivity (Wildman–Crippen MR) is 133 cm³/mol. The minimum absolute atomic E-state index is 0.0336. The number of hydrogen-bond donors (Lipinski definition) is 0. The van der Waals surface area contributed by atoms with Gasteiger partial charge in [0.15, 0.2) is 0 Å². The summed E-state index contributed by atoms with van der Waals surface area (Å²) in [7, 11) is 0. The van der Waals surface area contributed by atoms with E-state index < -0.39 is 0 Å². The third-order valence-corrected chi connectivity index (χ3v) is 6.23. The number of hydrogen-bond acceptors (Lipinski definition) is 5. The lowest BCUT2D eigenvalue weighted by molar-refractivity contribution is -0.122. The van der Waals surface area contributed by atoms with Crippen LogP contribution in [0, 0.1) is 0 Å². The van der Waals surface area contributed by atoms with Crippen molar-refractivity contribution in [1.29, 1.82) is 0 Å². The second-order valence-electron chi connectivity index (χ2n) is 8.34. The van der Waals surface area contributed by atoms with Crippen molar-refractivity contribution in [3.8, 4) is 11.5 Å². The molecule has 2 aromatic carbocycles. The Morgan fingerprint density at radius 3 is 2.39 bits per heavy atom. The van der Waals surface area contributed by atoms with Crippen LogP contribution in [0.5, 0.6) is 11.5 Å². The summed E-state index contributed by atoms with van der Waals surface area (Å²) in [6, 6.07) is 15.9. The number of carbonyl (C=O) groups is 1. The molecule has 6 heteroatoms. The number of nitrogens with zero attached hydrogens (tertiary/aromatic N) is 1. The summed E-state index contributed by atoms with van der Waals surface area (Å²) < 4.78 is 12.4. The number of ether oxygens (including phenoxy) is 2. The molecule has 3 rings (SSSR count). The van der Waals surface area contributed by atoms with Gasteiger partial charge < -0.3 is 9.47 Å². The van der Waals surface area contributed by atoms with E-state index in [0.717, 1.165) is 23.5 Å². The van der Waals surface area contributed by atoms with Crippen molar-refractivity contribution in [3.63, 3.8) is 0 Å². The number of thioether (sulfide) groups is 1. The molecule has 1 heterocycles. The summed E-state index contributed by atoms with van der Waals surface area (Å²) in [5, 5.41) is 0. The lowest BCUT2D eigenvalue weighted by atomic mass is 9.87. The molecule has 0 radical (unpaired) electrons. The largest absolute Gasteiger partial charge is 0.490 e. The van der Waals surface area contributed by atoms with E-state index in [1.807, 2.05) is 49.4 Å². The molecule has 2 aromatic rings.